The average molecular weight is 282 g/mol. The van der Waals surface area contributed by atoms with Crippen LogP contribution in [0, 0.1) is 0 Å². The third kappa shape index (κ3) is 5.77. The second kappa shape index (κ2) is 8.79. The zero-order valence-corrected chi connectivity index (χ0v) is 12.6. The first-order valence-electron chi connectivity index (χ1n) is 6.96. The van der Waals surface area contributed by atoms with E-state index in [1.807, 2.05) is 0 Å². The molecule has 0 aromatic heterocycles. The summed E-state index contributed by atoms with van der Waals surface area (Å²) in [6.45, 7) is 6.50. The Balaban J connectivity index is 2.38. The van der Waals surface area contributed by atoms with Crippen LogP contribution in [0.25, 0.3) is 0 Å². The van der Waals surface area contributed by atoms with E-state index in [0.29, 0.717) is 24.6 Å². The molecule has 2 unspecified atom stereocenters. The van der Waals surface area contributed by atoms with Gasteiger partial charge in [-0.15, -0.1) is 0 Å². The van der Waals surface area contributed by atoms with Crippen molar-refractivity contribution < 1.29 is 14.6 Å². The highest BCUT2D eigenvalue weighted by Gasteiger charge is 2.16. The molecule has 0 aliphatic rings. The van der Waals surface area contributed by atoms with Gasteiger partial charge in [0, 0.05) is 25.4 Å². The molecule has 20 heavy (non-hydrogen) atoms. The molecule has 0 aliphatic heterocycles. The molecule has 1 aromatic carbocycles. The Kier molecular flexibility index (Phi) is 7.36. The molecule has 0 heterocycles. The predicted octanol–water partition coefficient (Wildman–Crippen LogP) is 1.37. The first-order chi connectivity index (χ1) is 9.56. The minimum atomic E-state index is -0.535. The maximum Gasteiger partial charge on any atom is 0.119 e. The molecule has 0 saturated heterocycles. The summed E-state index contributed by atoms with van der Waals surface area (Å²) in [6.07, 6.45) is -0.535. The van der Waals surface area contributed by atoms with Gasteiger partial charge in [-0.3, -0.25) is 4.90 Å². The highest BCUT2D eigenvalue weighted by atomic mass is 16.5. The molecule has 114 valence electrons. The fraction of sp³-hybridized carbons (Fsp3) is 0.600. The van der Waals surface area contributed by atoms with Crippen molar-refractivity contribution in [1.82, 2.24) is 4.90 Å². The van der Waals surface area contributed by atoms with Crippen molar-refractivity contribution in [2.75, 3.05) is 39.1 Å². The number of aliphatic hydroxyl groups excluding tert-OH is 1. The van der Waals surface area contributed by atoms with Crippen molar-refractivity contribution in [2.24, 2.45) is 0 Å². The molecule has 1 aromatic rings. The third-order valence-corrected chi connectivity index (χ3v) is 3.21. The number of likely N-dealkylation sites (N-methyl/N-ethyl adjacent to an activating group) is 1. The number of hydrogen-bond donors (Lipinski definition) is 2. The average Bonchev–Trinajstić information content (AvgIpc) is 2.44. The summed E-state index contributed by atoms with van der Waals surface area (Å²) in [7, 11) is 1.69. The number of anilines is 1. The summed E-state index contributed by atoms with van der Waals surface area (Å²) in [4.78, 5) is 2.17. The van der Waals surface area contributed by atoms with Gasteiger partial charge < -0.3 is 20.3 Å². The van der Waals surface area contributed by atoms with E-state index in [9.17, 15) is 5.11 Å². The van der Waals surface area contributed by atoms with Crippen LogP contribution in [0.15, 0.2) is 24.3 Å². The van der Waals surface area contributed by atoms with Gasteiger partial charge >= 0.3 is 0 Å². The maximum absolute atomic E-state index is 10.1. The Morgan fingerprint density at radius 1 is 1.25 bits per heavy atom. The van der Waals surface area contributed by atoms with E-state index in [1.165, 1.54) is 0 Å². The first kappa shape index (κ1) is 16.8. The van der Waals surface area contributed by atoms with E-state index in [-0.39, 0.29) is 12.6 Å². The summed E-state index contributed by atoms with van der Waals surface area (Å²) in [6, 6.07) is 7.43. The van der Waals surface area contributed by atoms with E-state index in [1.54, 1.807) is 31.4 Å². The van der Waals surface area contributed by atoms with Crippen molar-refractivity contribution in [3.63, 3.8) is 0 Å². The lowest BCUT2D eigenvalue weighted by molar-refractivity contribution is 0.0368. The minimum absolute atomic E-state index is 0.264. The largest absolute Gasteiger partial charge is 0.491 e. The van der Waals surface area contributed by atoms with Crippen LogP contribution in [0.1, 0.15) is 13.8 Å². The van der Waals surface area contributed by atoms with Crippen molar-refractivity contribution in [2.45, 2.75) is 26.0 Å². The number of methoxy groups -OCH3 is 1. The van der Waals surface area contributed by atoms with Crippen LogP contribution in [0.4, 0.5) is 5.69 Å². The van der Waals surface area contributed by atoms with Crippen LogP contribution < -0.4 is 10.5 Å². The molecule has 1 rings (SSSR count). The quantitative estimate of drug-likeness (QED) is 0.670. The highest BCUT2D eigenvalue weighted by Crippen LogP contribution is 2.13. The van der Waals surface area contributed by atoms with E-state index >= 15 is 0 Å². The molecule has 0 spiro atoms. The SMILES string of the molecule is CCN(CC(O)COc1ccc(N)cc1)C(C)COC. The lowest BCUT2D eigenvalue weighted by atomic mass is 10.2. The Bertz CT molecular complexity index is 370. The molecule has 2 atom stereocenters. The number of benzene rings is 1. The first-order valence-corrected chi connectivity index (χ1v) is 6.96. The van der Waals surface area contributed by atoms with Crippen molar-refractivity contribution in [3.8, 4) is 5.75 Å². The fourth-order valence-electron chi connectivity index (χ4n) is 2.05. The summed E-state index contributed by atoms with van der Waals surface area (Å²) in [5, 5.41) is 10.1. The Morgan fingerprint density at radius 2 is 1.90 bits per heavy atom. The van der Waals surface area contributed by atoms with Gasteiger partial charge in [0.25, 0.3) is 0 Å². The topological polar surface area (TPSA) is 68.0 Å². The normalized spacial score (nSPS) is 14.2. The van der Waals surface area contributed by atoms with E-state index < -0.39 is 6.10 Å². The monoisotopic (exact) mass is 282 g/mol. The maximum atomic E-state index is 10.1. The van der Waals surface area contributed by atoms with Crippen LogP contribution in [-0.2, 0) is 4.74 Å². The lowest BCUT2D eigenvalue weighted by Gasteiger charge is -2.29. The number of nitrogens with two attached hydrogens (primary N) is 1. The standard InChI is InChI=1S/C15H26N2O3/c1-4-17(12(2)10-19-3)9-14(18)11-20-15-7-5-13(16)6-8-15/h5-8,12,14,18H,4,9-11,16H2,1-3H3. The molecule has 0 bridgehead atoms. The van der Waals surface area contributed by atoms with Crippen LogP contribution in [0.2, 0.25) is 0 Å². The Morgan fingerprint density at radius 3 is 2.45 bits per heavy atom. The van der Waals surface area contributed by atoms with E-state index in [4.69, 9.17) is 15.2 Å². The summed E-state index contributed by atoms with van der Waals surface area (Å²) in [5.74, 6) is 0.714. The zero-order valence-electron chi connectivity index (χ0n) is 12.6. The second-order valence-electron chi connectivity index (χ2n) is 4.93. The Labute approximate surface area is 121 Å². The Hall–Kier alpha value is -1.30. The van der Waals surface area contributed by atoms with Gasteiger partial charge in [0.15, 0.2) is 0 Å². The predicted molar refractivity (Wildman–Crippen MR) is 80.9 cm³/mol. The van der Waals surface area contributed by atoms with Crippen molar-refractivity contribution >= 4 is 5.69 Å². The molecule has 5 heteroatoms. The minimum Gasteiger partial charge on any atom is -0.491 e. The summed E-state index contributed by atoms with van der Waals surface area (Å²) < 4.78 is 10.7. The van der Waals surface area contributed by atoms with Gasteiger partial charge in [-0.05, 0) is 37.7 Å². The fourth-order valence-corrected chi connectivity index (χ4v) is 2.05. The molecule has 0 aliphatic carbocycles. The van der Waals surface area contributed by atoms with E-state index in [2.05, 4.69) is 18.7 Å². The van der Waals surface area contributed by atoms with Crippen LogP contribution in [0.3, 0.4) is 0 Å². The summed E-state index contributed by atoms with van der Waals surface area (Å²) >= 11 is 0. The number of aliphatic hydroxyl groups is 1. The molecule has 3 N–H and O–H groups in total. The molecule has 5 nitrogen and oxygen atoms in total. The van der Waals surface area contributed by atoms with Gasteiger partial charge in [0.1, 0.15) is 18.5 Å². The number of hydrogen-bond acceptors (Lipinski definition) is 5. The number of rotatable bonds is 9. The van der Waals surface area contributed by atoms with Gasteiger partial charge in [0.2, 0.25) is 0 Å². The molecule has 0 amide bonds. The lowest BCUT2D eigenvalue weighted by Crippen LogP contribution is -2.42. The van der Waals surface area contributed by atoms with Crippen molar-refractivity contribution in [3.05, 3.63) is 24.3 Å². The third-order valence-electron chi connectivity index (χ3n) is 3.21. The van der Waals surface area contributed by atoms with Crippen LogP contribution in [0.5, 0.6) is 5.75 Å². The molecule has 0 saturated carbocycles. The number of nitrogens with zero attached hydrogens (tertiary/aromatic N) is 1. The van der Waals surface area contributed by atoms with Gasteiger partial charge in [-0.25, -0.2) is 0 Å². The van der Waals surface area contributed by atoms with Crippen LogP contribution >= 0.6 is 0 Å². The highest BCUT2D eigenvalue weighted by molar-refractivity contribution is 5.41. The van der Waals surface area contributed by atoms with Gasteiger partial charge in [-0.2, -0.15) is 0 Å². The molecule has 0 fully saturated rings. The van der Waals surface area contributed by atoms with Crippen molar-refractivity contribution in [1.29, 1.82) is 0 Å². The number of ether oxygens (including phenoxy) is 2. The number of nitrogen functional groups attached to an aromatic ring is 1. The van der Waals surface area contributed by atoms with E-state index in [0.717, 1.165) is 6.54 Å². The second-order valence-corrected chi connectivity index (χ2v) is 4.93. The molecular weight excluding hydrogens is 256 g/mol. The summed E-state index contributed by atoms with van der Waals surface area (Å²) in [5.41, 5.74) is 6.30. The molecule has 0 radical (unpaired) electrons. The smallest absolute Gasteiger partial charge is 0.119 e. The zero-order chi connectivity index (χ0) is 15.0. The van der Waals surface area contributed by atoms with Gasteiger partial charge in [-0.1, -0.05) is 6.92 Å². The van der Waals surface area contributed by atoms with Crippen LogP contribution in [-0.4, -0.2) is 55.6 Å². The molecular formula is C15H26N2O3. The van der Waals surface area contributed by atoms with Gasteiger partial charge in [0.05, 0.1) is 6.61 Å².